The summed E-state index contributed by atoms with van der Waals surface area (Å²) in [5, 5.41) is 9.21. The number of rotatable bonds is 4. The first-order valence-corrected chi connectivity index (χ1v) is 6.17. The number of H-pyrrole nitrogens is 1. The fourth-order valence-corrected chi connectivity index (χ4v) is 2.19. The minimum absolute atomic E-state index is 0.0931. The zero-order valence-electron chi connectivity index (χ0n) is 10.3. The summed E-state index contributed by atoms with van der Waals surface area (Å²) in [6.45, 7) is 2.32. The van der Waals surface area contributed by atoms with Gasteiger partial charge in [0, 0.05) is 12.8 Å². The lowest BCUT2D eigenvalue weighted by Gasteiger charge is -2.32. The van der Waals surface area contributed by atoms with Crippen LogP contribution in [-0.4, -0.2) is 37.9 Å². The molecule has 0 aromatic carbocycles. The van der Waals surface area contributed by atoms with Gasteiger partial charge in [-0.2, -0.15) is 0 Å². The molecule has 0 saturated heterocycles. The van der Waals surface area contributed by atoms with Gasteiger partial charge >= 0.3 is 5.97 Å². The smallest absolute Gasteiger partial charge is 0.326 e. The van der Waals surface area contributed by atoms with Crippen LogP contribution in [0.3, 0.4) is 0 Å². The largest absolute Gasteiger partial charge is 0.480 e. The van der Waals surface area contributed by atoms with Crippen molar-refractivity contribution in [2.75, 3.05) is 0 Å². The second-order valence-electron chi connectivity index (χ2n) is 4.51. The number of carbonyl (C=O) groups excluding carboxylic acids is 1. The number of amides is 1. The number of hydrogen-bond donors (Lipinski definition) is 2. The summed E-state index contributed by atoms with van der Waals surface area (Å²) in [6.07, 6.45) is 3.95. The van der Waals surface area contributed by atoms with Gasteiger partial charge in [0.25, 0.3) is 0 Å². The predicted octanol–water partition coefficient (Wildman–Crippen LogP) is 0.938. The Morgan fingerprint density at radius 3 is 3.06 bits per heavy atom. The van der Waals surface area contributed by atoms with Gasteiger partial charge in [-0.25, -0.2) is 9.78 Å². The highest BCUT2D eigenvalue weighted by molar-refractivity contribution is 5.84. The summed E-state index contributed by atoms with van der Waals surface area (Å²) in [5.41, 5.74) is 1.60. The van der Waals surface area contributed by atoms with E-state index in [0.717, 1.165) is 24.2 Å². The fraction of sp³-hybridized carbons (Fsp3) is 0.583. The fourth-order valence-electron chi connectivity index (χ4n) is 2.19. The number of aromatic nitrogens is 2. The van der Waals surface area contributed by atoms with Gasteiger partial charge in [0.2, 0.25) is 5.91 Å². The molecule has 1 aromatic heterocycles. The minimum Gasteiger partial charge on any atom is -0.480 e. The molecule has 1 amide bonds. The van der Waals surface area contributed by atoms with Crippen LogP contribution in [0, 0.1) is 0 Å². The normalized spacial score (nSPS) is 18.5. The van der Waals surface area contributed by atoms with Crippen LogP contribution in [0.5, 0.6) is 0 Å². The Kier molecular flexibility index (Phi) is 3.64. The summed E-state index contributed by atoms with van der Waals surface area (Å²) < 4.78 is 0. The molecule has 0 saturated carbocycles. The molecule has 1 aliphatic rings. The molecule has 2 N–H and O–H groups in total. The van der Waals surface area contributed by atoms with Crippen molar-refractivity contribution in [3.63, 3.8) is 0 Å². The number of aliphatic carboxylic acids is 1. The van der Waals surface area contributed by atoms with Crippen molar-refractivity contribution in [3.8, 4) is 0 Å². The summed E-state index contributed by atoms with van der Waals surface area (Å²) >= 11 is 0. The molecule has 6 heteroatoms. The van der Waals surface area contributed by atoms with Crippen molar-refractivity contribution in [3.05, 3.63) is 17.7 Å². The molecule has 2 rings (SSSR count). The van der Waals surface area contributed by atoms with Crippen LogP contribution in [0.1, 0.15) is 37.6 Å². The first-order valence-electron chi connectivity index (χ1n) is 6.17. The number of nitrogens with zero attached hydrogens (tertiary/aromatic N) is 2. The van der Waals surface area contributed by atoms with Crippen molar-refractivity contribution in [2.45, 2.75) is 45.2 Å². The first-order chi connectivity index (χ1) is 8.63. The maximum absolute atomic E-state index is 12.0. The van der Waals surface area contributed by atoms with E-state index in [1.807, 2.05) is 6.92 Å². The predicted molar refractivity (Wildman–Crippen MR) is 63.8 cm³/mol. The van der Waals surface area contributed by atoms with Crippen molar-refractivity contribution < 1.29 is 14.7 Å². The Labute approximate surface area is 105 Å². The summed E-state index contributed by atoms with van der Waals surface area (Å²) in [7, 11) is 0. The molecular weight excluding hydrogens is 234 g/mol. The molecule has 1 aromatic rings. The monoisotopic (exact) mass is 251 g/mol. The van der Waals surface area contributed by atoms with Gasteiger partial charge in [0.1, 0.15) is 6.04 Å². The lowest BCUT2D eigenvalue weighted by Crippen LogP contribution is -2.48. The molecule has 0 bridgehead atoms. The number of nitrogens with one attached hydrogen (secondary N) is 1. The van der Waals surface area contributed by atoms with Crippen molar-refractivity contribution >= 4 is 11.9 Å². The number of carboxylic acid groups (broad SMARTS) is 1. The maximum atomic E-state index is 12.0. The van der Waals surface area contributed by atoms with Gasteiger partial charge in [-0.05, 0) is 6.42 Å². The highest BCUT2D eigenvalue weighted by Crippen LogP contribution is 2.22. The average molecular weight is 251 g/mol. The average Bonchev–Trinajstić information content (AvgIpc) is 2.81. The Balaban J connectivity index is 2.17. The van der Waals surface area contributed by atoms with Gasteiger partial charge in [0.05, 0.1) is 24.3 Å². The number of carbonyl (C=O) groups is 2. The van der Waals surface area contributed by atoms with Crippen LogP contribution in [0.25, 0.3) is 0 Å². The molecule has 0 radical (unpaired) electrons. The van der Waals surface area contributed by atoms with Crippen molar-refractivity contribution in [1.29, 1.82) is 0 Å². The van der Waals surface area contributed by atoms with E-state index in [0.29, 0.717) is 13.0 Å². The third-order valence-electron chi connectivity index (χ3n) is 3.25. The van der Waals surface area contributed by atoms with Gasteiger partial charge < -0.3 is 15.0 Å². The molecule has 18 heavy (non-hydrogen) atoms. The summed E-state index contributed by atoms with van der Waals surface area (Å²) in [5.74, 6) is -1.06. The Bertz CT molecular complexity index is 455. The molecule has 0 fully saturated rings. The molecular formula is C12H17N3O3. The van der Waals surface area contributed by atoms with Gasteiger partial charge in [-0.1, -0.05) is 13.3 Å². The minimum atomic E-state index is -0.964. The third-order valence-corrected chi connectivity index (χ3v) is 3.25. The number of imidazole rings is 1. The molecule has 2 heterocycles. The van der Waals surface area contributed by atoms with E-state index in [2.05, 4.69) is 9.97 Å². The van der Waals surface area contributed by atoms with Crippen molar-refractivity contribution in [1.82, 2.24) is 14.9 Å². The number of carboxylic acids is 1. The van der Waals surface area contributed by atoms with E-state index < -0.39 is 12.0 Å². The molecule has 6 nitrogen and oxygen atoms in total. The zero-order valence-corrected chi connectivity index (χ0v) is 10.3. The van der Waals surface area contributed by atoms with E-state index in [-0.39, 0.29) is 12.3 Å². The topological polar surface area (TPSA) is 86.3 Å². The molecule has 0 aliphatic carbocycles. The lowest BCUT2D eigenvalue weighted by molar-refractivity contribution is -0.151. The second-order valence-corrected chi connectivity index (χ2v) is 4.51. The molecule has 1 aliphatic heterocycles. The number of unbranched alkanes of at least 4 members (excludes halogenated alkanes) is 1. The van der Waals surface area contributed by atoms with E-state index in [1.165, 1.54) is 4.90 Å². The SMILES string of the molecule is CCCCC(=O)N1Cc2[nH]cnc2CC1C(=O)O. The standard InChI is InChI=1S/C12H17N3O3/c1-2-3-4-11(16)15-6-9-8(13-7-14-9)5-10(15)12(17)18/h7,10H,2-6H2,1H3,(H,13,14)(H,17,18). The molecule has 0 spiro atoms. The Hall–Kier alpha value is -1.85. The van der Waals surface area contributed by atoms with Crippen molar-refractivity contribution in [2.24, 2.45) is 0 Å². The van der Waals surface area contributed by atoms with Crippen LogP contribution in [0.2, 0.25) is 0 Å². The lowest BCUT2D eigenvalue weighted by atomic mass is 10.0. The number of aromatic amines is 1. The quantitative estimate of drug-likeness (QED) is 0.833. The Morgan fingerprint density at radius 2 is 2.39 bits per heavy atom. The van der Waals surface area contributed by atoms with E-state index in [9.17, 15) is 14.7 Å². The van der Waals surface area contributed by atoms with Gasteiger partial charge in [-0.3, -0.25) is 4.79 Å². The van der Waals surface area contributed by atoms with Gasteiger partial charge in [0.15, 0.2) is 0 Å². The third kappa shape index (κ3) is 2.37. The summed E-state index contributed by atoms with van der Waals surface area (Å²) in [4.78, 5) is 31.8. The molecule has 98 valence electrons. The van der Waals surface area contributed by atoms with Crippen LogP contribution in [-0.2, 0) is 22.6 Å². The molecule has 1 atom stereocenters. The van der Waals surface area contributed by atoms with Gasteiger partial charge in [-0.15, -0.1) is 0 Å². The highest BCUT2D eigenvalue weighted by atomic mass is 16.4. The van der Waals surface area contributed by atoms with Crippen LogP contribution >= 0.6 is 0 Å². The first kappa shape index (κ1) is 12.6. The van der Waals surface area contributed by atoms with E-state index in [4.69, 9.17) is 0 Å². The summed E-state index contributed by atoms with van der Waals surface area (Å²) in [6, 6.07) is -0.787. The maximum Gasteiger partial charge on any atom is 0.326 e. The van der Waals surface area contributed by atoms with E-state index in [1.54, 1.807) is 6.33 Å². The van der Waals surface area contributed by atoms with Crippen LogP contribution in [0.15, 0.2) is 6.33 Å². The van der Waals surface area contributed by atoms with E-state index >= 15 is 0 Å². The zero-order chi connectivity index (χ0) is 13.1. The number of fused-ring (bicyclic) bond motifs is 1. The Morgan fingerprint density at radius 1 is 1.61 bits per heavy atom. The number of hydrogen-bond acceptors (Lipinski definition) is 3. The van der Waals surface area contributed by atoms with Crippen LogP contribution < -0.4 is 0 Å². The van der Waals surface area contributed by atoms with Crippen LogP contribution in [0.4, 0.5) is 0 Å². The highest BCUT2D eigenvalue weighted by Gasteiger charge is 2.35. The molecule has 1 unspecified atom stereocenters. The second kappa shape index (κ2) is 5.20.